The molecule has 0 radical (unpaired) electrons. The lowest BCUT2D eigenvalue weighted by Gasteiger charge is -2.26. The summed E-state index contributed by atoms with van der Waals surface area (Å²) in [5, 5.41) is 0. The maximum Gasteiger partial charge on any atom is 0.355 e. The molecular weight excluding hydrogens is 313 g/mol. The van der Waals surface area contributed by atoms with E-state index >= 15 is 0 Å². The average molecular weight is 328 g/mol. The Morgan fingerprint density at radius 1 is 1.44 bits per heavy atom. The summed E-state index contributed by atoms with van der Waals surface area (Å²) < 4.78 is 20.5. The highest BCUT2D eigenvalue weighted by Gasteiger charge is 2.50. The van der Waals surface area contributed by atoms with E-state index in [0.717, 1.165) is 0 Å². The van der Waals surface area contributed by atoms with Gasteiger partial charge in [-0.05, 0) is 54.1 Å². The first-order valence-electron chi connectivity index (χ1n) is 5.85. The van der Waals surface area contributed by atoms with Crippen LogP contribution in [-0.4, -0.2) is 8.32 Å². The predicted octanol–water partition coefficient (Wildman–Crippen LogP) is 4.46. The van der Waals surface area contributed by atoms with Gasteiger partial charge in [0, 0.05) is 5.56 Å². The standard InChI is InChI=1S/C13H15BrFNOSi/c1-16-13(17-18(2,3)4)8-7-9-10(13)5-6-11(14)12(9)15/h5-6H,7-8H2,2-4H3. The molecule has 5 heteroatoms. The molecular formula is C13H15BrFNOSi. The molecule has 0 heterocycles. The van der Waals surface area contributed by atoms with Gasteiger partial charge in [0.15, 0.2) is 8.32 Å². The number of hydrogen-bond acceptors (Lipinski definition) is 1. The summed E-state index contributed by atoms with van der Waals surface area (Å²) >= 11 is 3.19. The van der Waals surface area contributed by atoms with E-state index in [1.165, 1.54) is 0 Å². The van der Waals surface area contributed by atoms with Crippen LogP contribution in [0.25, 0.3) is 4.85 Å². The van der Waals surface area contributed by atoms with Gasteiger partial charge in [0.05, 0.1) is 16.5 Å². The van der Waals surface area contributed by atoms with Gasteiger partial charge in [0.1, 0.15) is 5.82 Å². The lowest BCUT2D eigenvalue weighted by atomic mass is 10.1. The first-order chi connectivity index (χ1) is 8.29. The number of benzene rings is 1. The van der Waals surface area contributed by atoms with E-state index in [4.69, 9.17) is 11.0 Å². The van der Waals surface area contributed by atoms with Gasteiger partial charge in [-0.25, -0.2) is 11.0 Å². The van der Waals surface area contributed by atoms with Crippen molar-refractivity contribution in [3.05, 3.63) is 45.0 Å². The van der Waals surface area contributed by atoms with Crippen molar-refractivity contribution in [1.29, 1.82) is 0 Å². The van der Waals surface area contributed by atoms with Crippen LogP contribution in [0, 0.1) is 12.4 Å². The minimum absolute atomic E-state index is 0.253. The smallest absolute Gasteiger partial charge is 0.347 e. The highest BCUT2D eigenvalue weighted by molar-refractivity contribution is 9.10. The van der Waals surface area contributed by atoms with Crippen molar-refractivity contribution >= 4 is 24.2 Å². The molecule has 18 heavy (non-hydrogen) atoms. The molecule has 0 spiro atoms. The fourth-order valence-electron chi connectivity index (χ4n) is 2.38. The van der Waals surface area contributed by atoms with Gasteiger partial charge in [-0.3, -0.25) is 4.85 Å². The Morgan fingerprint density at radius 2 is 2.11 bits per heavy atom. The molecule has 0 amide bonds. The molecule has 1 aromatic rings. The van der Waals surface area contributed by atoms with E-state index in [2.05, 4.69) is 20.8 Å². The molecule has 0 N–H and O–H groups in total. The minimum atomic E-state index is -1.86. The van der Waals surface area contributed by atoms with E-state index in [9.17, 15) is 4.39 Å². The lowest BCUT2D eigenvalue weighted by molar-refractivity contribution is 0.110. The van der Waals surface area contributed by atoms with Crippen LogP contribution in [0.3, 0.4) is 0 Å². The molecule has 1 aliphatic carbocycles. The summed E-state index contributed by atoms with van der Waals surface area (Å²) in [6, 6.07) is 3.47. The summed E-state index contributed by atoms with van der Waals surface area (Å²) in [7, 11) is -1.86. The number of rotatable bonds is 2. The van der Waals surface area contributed by atoms with Crippen molar-refractivity contribution in [3.63, 3.8) is 0 Å². The Bertz CT molecular complexity index is 535. The zero-order valence-corrected chi connectivity index (χ0v) is 13.3. The fourth-order valence-corrected chi connectivity index (χ4v) is 4.03. The minimum Gasteiger partial charge on any atom is -0.347 e. The van der Waals surface area contributed by atoms with Gasteiger partial charge in [-0.1, -0.05) is 0 Å². The Kier molecular flexibility index (Phi) is 3.39. The molecule has 0 aromatic heterocycles. The van der Waals surface area contributed by atoms with Crippen LogP contribution in [0.2, 0.25) is 19.6 Å². The van der Waals surface area contributed by atoms with Crippen LogP contribution in [0.5, 0.6) is 0 Å². The second kappa shape index (κ2) is 4.44. The third-order valence-electron chi connectivity index (χ3n) is 2.99. The van der Waals surface area contributed by atoms with Crippen molar-refractivity contribution in [2.24, 2.45) is 0 Å². The Labute approximate surface area is 116 Å². The van der Waals surface area contributed by atoms with Gasteiger partial charge in [0.25, 0.3) is 0 Å². The van der Waals surface area contributed by atoms with Crippen molar-refractivity contribution in [2.45, 2.75) is 38.2 Å². The van der Waals surface area contributed by atoms with Gasteiger partial charge >= 0.3 is 5.72 Å². The predicted molar refractivity (Wildman–Crippen MR) is 75.1 cm³/mol. The first-order valence-corrected chi connectivity index (χ1v) is 10.1. The lowest BCUT2D eigenvalue weighted by Crippen LogP contribution is -2.37. The van der Waals surface area contributed by atoms with Crippen LogP contribution in [0.15, 0.2) is 16.6 Å². The van der Waals surface area contributed by atoms with Crippen LogP contribution < -0.4 is 0 Å². The number of nitrogens with zero attached hydrogens (tertiary/aromatic N) is 1. The van der Waals surface area contributed by atoms with Crippen molar-refractivity contribution in [3.8, 4) is 0 Å². The first kappa shape index (κ1) is 13.7. The highest BCUT2D eigenvalue weighted by atomic mass is 79.9. The van der Waals surface area contributed by atoms with E-state index in [-0.39, 0.29) is 5.82 Å². The molecule has 1 atom stereocenters. The number of halogens is 2. The van der Waals surface area contributed by atoms with Gasteiger partial charge in [-0.2, -0.15) is 0 Å². The molecule has 1 aliphatic rings. The molecule has 0 saturated heterocycles. The van der Waals surface area contributed by atoms with E-state index in [1.807, 2.05) is 25.7 Å². The molecule has 1 aromatic carbocycles. The SMILES string of the molecule is [C-]#[N+]C1(O[Si](C)(C)C)CCc2c1ccc(Br)c2F. The van der Waals surface area contributed by atoms with Gasteiger partial charge in [0.2, 0.25) is 0 Å². The zero-order chi connectivity index (χ0) is 13.6. The summed E-state index contributed by atoms with van der Waals surface area (Å²) in [5.74, 6) is -0.253. The summed E-state index contributed by atoms with van der Waals surface area (Å²) in [4.78, 5) is 3.70. The second-order valence-corrected chi connectivity index (χ2v) is 10.8. The second-order valence-electron chi connectivity index (χ2n) is 5.50. The highest BCUT2D eigenvalue weighted by Crippen LogP contribution is 2.45. The summed E-state index contributed by atoms with van der Waals surface area (Å²) in [5.41, 5.74) is 0.362. The largest absolute Gasteiger partial charge is 0.355 e. The molecule has 2 nitrogen and oxygen atoms in total. The third-order valence-corrected chi connectivity index (χ3v) is 4.55. The van der Waals surface area contributed by atoms with Crippen LogP contribution >= 0.6 is 15.9 Å². The van der Waals surface area contributed by atoms with E-state index < -0.39 is 14.0 Å². The van der Waals surface area contributed by atoms with E-state index in [1.54, 1.807) is 6.07 Å². The molecule has 0 fully saturated rings. The van der Waals surface area contributed by atoms with Gasteiger partial charge < -0.3 is 4.43 Å². The van der Waals surface area contributed by atoms with Crippen LogP contribution in [-0.2, 0) is 16.6 Å². The van der Waals surface area contributed by atoms with Crippen molar-refractivity contribution in [1.82, 2.24) is 0 Å². The van der Waals surface area contributed by atoms with Crippen LogP contribution in [0.4, 0.5) is 4.39 Å². The number of fused-ring (bicyclic) bond motifs is 1. The Balaban J connectivity index is 2.53. The average Bonchev–Trinajstić information content (AvgIpc) is 2.62. The third kappa shape index (κ3) is 2.25. The van der Waals surface area contributed by atoms with Gasteiger partial charge in [-0.15, -0.1) is 0 Å². The zero-order valence-electron chi connectivity index (χ0n) is 10.7. The number of hydrogen-bond donors (Lipinski definition) is 0. The topological polar surface area (TPSA) is 13.6 Å². The maximum absolute atomic E-state index is 14.0. The molecule has 0 aliphatic heterocycles. The van der Waals surface area contributed by atoms with Crippen LogP contribution in [0.1, 0.15) is 17.5 Å². The summed E-state index contributed by atoms with van der Waals surface area (Å²) in [6.45, 7) is 13.6. The molecule has 2 rings (SSSR count). The fraction of sp³-hybridized carbons (Fsp3) is 0.462. The molecule has 0 saturated carbocycles. The van der Waals surface area contributed by atoms with Crippen molar-refractivity contribution < 1.29 is 8.82 Å². The summed E-state index contributed by atoms with van der Waals surface area (Å²) in [6.07, 6.45) is 1.11. The molecule has 96 valence electrons. The Morgan fingerprint density at radius 3 is 2.67 bits per heavy atom. The Hall–Kier alpha value is -0.703. The monoisotopic (exact) mass is 327 g/mol. The quantitative estimate of drug-likeness (QED) is 0.577. The normalized spacial score (nSPS) is 22.7. The molecule has 1 unspecified atom stereocenters. The van der Waals surface area contributed by atoms with E-state index in [0.29, 0.717) is 28.4 Å². The van der Waals surface area contributed by atoms with Crippen molar-refractivity contribution in [2.75, 3.05) is 0 Å². The molecule has 0 bridgehead atoms. The maximum atomic E-state index is 14.0.